The lowest BCUT2D eigenvalue weighted by molar-refractivity contribution is 0.337. The van der Waals surface area contributed by atoms with E-state index in [1.165, 1.54) is 5.56 Å². The van der Waals surface area contributed by atoms with Gasteiger partial charge in [0.15, 0.2) is 0 Å². The number of hydrogen-bond acceptors (Lipinski definition) is 4. The molecule has 0 spiro atoms. The topological polar surface area (TPSA) is 43.2 Å². The van der Waals surface area contributed by atoms with Crippen LogP contribution in [0.3, 0.4) is 0 Å². The Bertz CT molecular complexity index is 540. The molecule has 2 rings (SSSR count). The van der Waals surface area contributed by atoms with E-state index in [1.54, 1.807) is 14.2 Å². The summed E-state index contributed by atoms with van der Waals surface area (Å²) in [7, 11) is 3.37. The van der Waals surface area contributed by atoms with Gasteiger partial charge in [0.05, 0.1) is 14.2 Å². The Labute approximate surface area is 139 Å². The van der Waals surface area contributed by atoms with E-state index >= 15 is 0 Å². The van der Waals surface area contributed by atoms with Crippen molar-refractivity contribution in [3.8, 4) is 0 Å². The fourth-order valence-corrected chi connectivity index (χ4v) is 3.12. The molecule has 1 aromatic rings. The molecule has 0 aromatic heterocycles. The van der Waals surface area contributed by atoms with Gasteiger partial charge in [-0.2, -0.15) is 0 Å². The van der Waals surface area contributed by atoms with Crippen LogP contribution >= 0.6 is 0 Å². The molecular weight excluding hydrogens is 288 g/mol. The zero-order valence-electron chi connectivity index (χ0n) is 14.7. The number of nitrogens with zero attached hydrogens (tertiary/aromatic N) is 2. The highest BCUT2D eigenvalue weighted by molar-refractivity contribution is 5.93. The fraction of sp³-hybridized carbons (Fsp3) is 0.579. The number of benzene rings is 1. The van der Waals surface area contributed by atoms with Crippen molar-refractivity contribution in [3.05, 3.63) is 35.9 Å². The lowest BCUT2D eigenvalue weighted by Crippen LogP contribution is -2.35. The third kappa shape index (κ3) is 4.34. The molecule has 0 aliphatic carbocycles. The van der Waals surface area contributed by atoms with E-state index < -0.39 is 0 Å². The van der Waals surface area contributed by atoms with Crippen molar-refractivity contribution < 1.29 is 9.47 Å². The SMILES string of the molecule is CCCC1N=C(OC)C(C[C@H](CC)c2ccccc2)N=C1OC. The zero-order valence-corrected chi connectivity index (χ0v) is 14.7. The van der Waals surface area contributed by atoms with Crippen LogP contribution in [0, 0.1) is 0 Å². The maximum atomic E-state index is 5.54. The maximum Gasteiger partial charge on any atom is 0.209 e. The number of methoxy groups -OCH3 is 2. The monoisotopic (exact) mass is 316 g/mol. The molecule has 0 saturated heterocycles. The summed E-state index contributed by atoms with van der Waals surface area (Å²) in [5.41, 5.74) is 1.34. The minimum absolute atomic E-state index is 0.00648. The maximum absolute atomic E-state index is 5.54. The standard InChI is InChI=1S/C19H28N2O2/c1-5-10-16-18(22-3)21-17(19(20-16)23-4)13-14(6-2)15-11-8-7-9-12-15/h7-9,11-12,14,16-17H,5-6,10,13H2,1-4H3/t14-,16?,17?/m0/s1. The lowest BCUT2D eigenvalue weighted by atomic mass is 9.89. The van der Waals surface area contributed by atoms with E-state index in [2.05, 4.69) is 44.2 Å². The number of rotatable bonds is 6. The van der Waals surface area contributed by atoms with E-state index in [4.69, 9.17) is 19.5 Å². The van der Waals surface area contributed by atoms with Gasteiger partial charge in [0.25, 0.3) is 0 Å². The van der Waals surface area contributed by atoms with Gasteiger partial charge in [-0.1, -0.05) is 50.6 Å². The molecule has 2 unspecified atom stereocenters. The summed E-state index contributed by atoms with van der Waals surface area (Å²) in [6.07, 6.45) is 3.93. The average Bonchev–Trinajstić information content (AvgIpc) is 2.61. The van der Waals surface area contributed by atoms with Gasteiger partial charge in [0.2, 0.25) is 11.8 Å². The Morgan fingerprint density at radius 3 is 2.13 bits per heavy atom. The molecule has 4 nitrogen and oxygen atoms in total. The smallest absolute Gasteiger partial charge is 0.209 e. The summed E-state index contributed by atoms with van der Waals surface area (Å²) in [6.45, 7) is 4.36. The average molecular weight is 316 g/mol. The Morgan fingerprint density at radius 2 is 1.57 bits per heavy atom. The van der Waals surface area contributed by atoms with E-state index in [0.717, 1.165) is 37.5 Å². The minimum Gasteiger partial charge on any atom is -0.483 e. The van der Waals surface area contributed by atoms with Gasteiger partial charge in [0.1, 0.15) is 12.1 Å². The first-order valence-electron chi connectivity index (χ1n) is 8.51. The highest BCUT2D eigenvalue weighted by Gasteiger charge is 2.30. The van der Waals surface area contributed by atoms with Crippen LogP contribution in [0.1, 0.15) is 51.0 Å². The number of hydrogen-bond donors (Lipinski definition) is 0. The molecule has 4 heteroatoms. The summed E-state index contributed by atoms with van der Waals surface area (Å²) in [5, 5.41) is 0. The Morgan fingerprint density at radius 1 is 0.957 bits per heavy atom. The molecule has 1 heterocycles. The van der Waals surface area contributed by atoms with Gasteiger partial charge < -0.3 is 9.47 Å². The van der Waals surface area contributed by atoms with Gasteiger partial charge in [-0.05, 0) is 30.7 Å². The van der Waals surface area contributed by atoms with Crippen LogP contribution in [-0.2, 0) is 9.47 Å². The van der Waals surface area contributed by atoms with Gasteiger partial charge >= 0.3 is 0 Å². The highest BCUT2D eigenvalue weighted by Crippen LogP contribution is 2.28. The van der Waals surface area contributed by atoms with E-state index in [1.807, 2.05) is 0 Å². The van der Waals surface area contributed by atoms with Crippen LogP contribution in [0.5, 0.6) is 0 Å². The molecule has 0 fully saturated rings. The van der Waals surface area contributed by atoms with E-state index in [9.17, 15) is 0 Å². The van der Waals surface area contributed by atoms with Crippen LogP contribution in [0.15, 0.2) is 40.3 Å². The van der Waals surface area contributed by atoms with Gasteiger partial charge in [-0.25, -0.2) is 9.98 Å². The normalized spacial score (nSPS) is 22.1. The summed E-state index contributed by atoms with van der Waals surface area (Å²) < 4.78 is 11.0. The van der Waals surface area contributed by atoms with Gasteiger partial charge in [-0.3, -0.25) is 0 Å². The van der Waals surface area contributed by atoms with Crippen molar-refractivity contribution in [1.82, 2.24) is 0 Å². The van der Waals surface area contributed by atoms with Crippen molar-refractivity contribution in [2.24, 2.45) is 9.98 Å². The molecule has 0 saturated carbocycles. The van der Waals surface area contributed by atoms with Crippen LogP contribution in [0.4, 0.5) is 0 Å². The number of ether oxygens (including phenoxy) is 2. The summed E-state index contributed by atoms with van der Waals surface area (Å²) in [6, 6.07) is 10.5. The predicted octanol–water partition coefficient (Wildman–Crippen LogP) is 4.21. The molecule has 0 amide bonds. The Kier molecular flexibility index (Phi) is 6.63. The van der Waals surface area contributed by atoms with Gasteiger partial charge in [-0.15, -0.1) is 0 Å². The second-order valence-corrected chi connectivity index (χ2v) is 5.91. The lowest BCUT2D eigenvalue weighted by Gasteiger charge is -2.27. The molecule has 1 aromatic carbocycles. The van der Waals surface area contributed by atoms with E-state index in [-0.39, 0.29) is 12.1 Å². The second kappa shape index (κ2) is 8.70. The van der Waals surface area contributed by atoms with Crippen LogP contribution in [0.25, 0.3) is 0 Å². The summed E-state index contributed by atoms with van der Waals surface area (Å²) >= 11 is 0. The largest absolute Gasteiger partial charge is 0.483 e. The van der Waals surface area contributed by atoms with Crippen molar-refractivity contribution in [3.63, 3.8) is 0 Å². The zero-order chi connectivity index (χ0) is 16.7. The summed E-state index contributed by atoms with van der Waals surface area (Å²) in [5.74, 6) is 1.91. The fourth-order valence-electron chi connectivity index (χ4n) is 3.12. The Hall–Kier alpha value is -1.84. The predicted molar refractivity (Wildman–Crippen MR) is 95.5 cm³/mol. The molecule has 0 radical (unpaired) electrons. The second-order valence-electron chi connectivity index (χ2n) is 5.91. The first kappa shape index (κ1) is 17.5. The summed E-state index contributed by atoms with van der Waals surface area (Å²) in [4.78, 5) is 9.55. The molecule has 3 atom stereocenters. The first-order chi connectivity index (χ1) is 11.2. The molecule has 126 valence electrons. The van der Waals surface area contributed by atoms with Gasteiger partial charge in [0, 0.05) is 0 Å². The molecule has 0 bridgehead atoms. The third-order valence-electron chi connectivity index (χ3n) is 4.39. The molecule has 1 aliphatic rings. The molecule has 23 heavy (non-hydrogen) atoms. The molecular formula is C19H28N2O2. The molecule has 1 aliphatic heterocycles. The first-order valence-corrected chi connectivity index (χ1v) is 8.51. The Balaban J connectivity index is 2.19. The van der Waals surface area contributed by atoms with Crippen LogP contribution in [0.2, 0.25) is 0 Å². The highest BCUT2D eigenvalue weighted by atomic mass is 16.5. The van der Waals surface area contributed by atoms with Crippen molar-refractivity contribution in [2.75, 3.05) is 14.2 Å². The minimum atomic E-state index is -0.0618. The van der Waals surface area contributed by atoms with Crippen molar-refractivity contribution >= 4 is 11.8 Å². The van der Waals surface area contributed by atoms with Crippen LogP contribution in [-0.4, -0.2) is 38.1 Å². The van der Waals surface area contributed by atoms with Crippen molar-refractivity contribution in [1.29, 1.82) is 0 Å². The van der Waals surface area contributed by atoms with E-state index in [0.29, 0.717) is 5.92 Å². The molecule has 0 N–H and O–H groups in total. The van der Waals surface area contributed by atoms with Crippen LogP contribution < -0.4 is 0 Å². The van der Waals surface area contributed by atoms with Crippen molar-refractivity contribution in [2.45, 2.75) is 57.5 Å². The quantitative estimate of drug-likeness (QED) is 0.789. The third-order valence-corrected chi connectivity index (χ3v) is 4.39. The number of aliphatic imine (C=N–C) groups is 2.